The molecule has 0 bridgehead atoms. The van der Waals surface area contributed by atoms with Crippen LogP contribution in [-0.2, 0) is 29.1 Å². The van der Waals surface area contributed by atoms with E-state index in [1.54, 1.807) is 59.7 Å². The predicted molar refractivity (Wildman–Crippen MR) is 190 cm³/mol. The van der Waals surface area contributed by atoms with Gasteiger partial charge in [-0.1, -0.05) is 45.7 Å². The van der Waals surface area contributed by atoms with Crippen molar-refractivity contribution in [3.05, 3.63) is 29.4 Å². The second-order valence-corrected chi connectivity index (χ2v) is 18.1. The van der Waals surface area contributed by atoms with E-state index in [1.165, 1.54) is 18.2 Å². The second kappa shape index (κ2) is 13.9. The van der Waals surface area contributed by atoms with Crippen molar-refractivity contribution in [1.82, 2.24) is 25.2 Å². The van der Waals surface area contributed by atoms with Gasteiger partial charge in [0.05, 0.1) is 25.1 Å². The van der Waals surface area contributed by atoms with Crippen LogP contribution in [0.2, 0.25) is 5.02 Å². The Kier molecular flexibility index (Phi) is 10.5. The van der Waals surface area contributed by atoms with Gasteiger partial charge < -0.3 is 29.7 Å². The lowest BCUT2D eigenvalue weighted by atomic mass is 9.85. The molecule has 0 unspecified atom stereocenters. The third-order valence-electron chi connectivity index (χ3n) is 9.44. The van der Waals surface area contributed by atoms with Gasteiger partial charge in [0.25, 0.3) is 5.91 Å². The third kappa shape index (κ3) is 8.45. The predicted octanol–water partition coefficient (Wildman–Crippen LogP) is 4.08. The van der Waals surface area contributed by atoms with E-state index in [9.17, 15) is 27.6 Å². The molecule has 0 radical (unpaired) electrons. The number of aromatic nitrogens is 1. The highest BCUT2D eigenvalue weighted by molar-refractivity contribution is 7.91. The third-order valence-corrected chi connectivity index (χ3v) is 11.5. The molecule has 2 heterocycles. The summed E-state index contributed by atoms with van der Waals surface area (Å²) >= 11 is 6.32. The number of carbonyl (C=O) groups excluding carboxylic acids is 4. The number of nitrogens with one attached hydrogen (secondary N) is 3. The van der Waals surface area contributed by atoms with Crippen LogP contribution in [0.3, 0.4) is 0 Å². The Morgan fingerprint density at radius 1 is 1.10 bits per heavy atom. The first-order valence-corrected chi connectivity index (χ1v) is 19.1. The molecule has 14 nitrogen and oxygen atoms in total. The lowest BCUT2D eigenvalue weighted by molar-refractivity contribution is -0.143. The molecule has 1 aliphatic heterocycles. The molecule has 280 valence electrons. The van der Waals surface area contributed by atoms with Gasteiger partial charge in [0.15, 0.2) is 0 Å². The van der Waals surface area contributed by atoms with Gasteiger partial charge in [-0.05, 0) is 69.6 Å². The smallest absolute Gasteiger partial charge is 0.408 e. The first kappa shape index (κ1) is 38.4. The number of sulfonamides is 1. The summed E-state index contributed by atoms with van der Waals surface area (Å²) in [5.74, 6) is -1.59. The van der Waals surface area contributed by atoms with E-state index in [0.29, 0.717) is 40.8 Å². The summed E-state index contributed by atoms with van der Waals surface area (Å²) in [6.07, 6.45) is 1.65. The highest BCUT2D eigenvalue weighted by Crippen LogP contribution is 2.47. The number of hydrogen-bond donors (Lipinski definition) is 3. The number of benzene rings is 1. The standard InChI is InChI=1S/C35H48ClN5O9S/c1-9-19-16-35(19,31(44)40-51(46,47)22-11-12-22)39-28(42)25-15-21(49-29-24-14-20(36)10-13-23(24)26(48-8)17-37-29)18-41(25)30(43)27(33(2,3)4)38-32(45)50-34(5,6)7/h10,13-14,17,19,21-22,25,27H,9,11-12,15-16,18H2,1-8H3,(H,38,45)(H,39,42)(H,40,44)/t19-,21-,25+,27-,35-/m1/s1. The van der Waals surface area contributed by atoms with Crippen LogP contribution in [0, 0.1) is 11.3 Å². The van der Waals surface area contributed by atoms with Gasteiger partial charge in [-0.3, -0.25) is 19.1 Å². The number of methoxy groups -OCH3 is 1. The molecule has 1 saturated heterocycles. The van der Waals surface area contributed by atoms with E-state index in [2.05, 4.69) is 20.3 Å². The summed E-state index contributed by atoms with van der Waals surface area (Å²) in [5, 5.41) is 6.59. The molecule has 2 aromatic rings. The second-order valence-electron chi connectivity index (χ2n) is 15.7. The molecular weight excluding hydrogens is 702 g/mol. The largest absolute Gasteiger partial charge is 0.494 e. The lowest BCUT2D eigenvalue weighted by Crippen LogP contribution is -2.60. The van der Waals surface area contributed by atoms with Crippen LogP contribution in [0.5, 0.6) is 11.6 Å². The van der Waals surface area contributed by atoms with Crippen molar-refractivity contribution in [1.29, 1.82) is 0 Å². The summed E-state index contributed by atoms with van der Waals surface area (Å²) in [5.41, 5.74) is -3.10. The van der Waals surface area contributed by atoms with Crippen LogP contribution < -0.4 is 24.8 Å². The molecule has 4 amide bonds. The molecule has 5 atom stereocenters. The van der Waals surface area contributed by atoms with E-state index in [-0.39, 0.29) is 31.2 Å². The van der Waals surface area contributed by atoms with Crippen LogP contribution in [0.4, 0.5) is 4.79 Å². The van der Waals surface area contributed by atoms with Crippen LogP contribution in [0.25, 0.3) is 10.8 Å². The minimum atomic E-state index is -3.87. The van der Waals surface area contributed by atoms with Gasteiger partial charge in [-0.25, -0.2) is 18.2 Å². The Bertz CT molecular complexity index is 1820. The molecule has 1 aromatic carbocycles. The summed E-state index contributed by atoms with van der Waals surface area (Å²) in [4.78, 5) is 60.9. The quantitative estimate of drug-likeness (QED) is 0.303. The number of amides is 4. The van der Waals surface area contributed by atoms with Crippen molar-refractivity contribution in [2.75, 3.05) is 13.7 Å². The zero-order valence-electron chi connectivity index (χ0n) is 30.3. The number of pyridine rings is 1. The SMILES string of the molecule is CC[C@@H]1C[C@]1(NC(=O)[C@@H]1C[C@@H](Oc2ncc(OC)c3ccc(Cl)cc23)CN1C(=O)[C@@H](NC(=O)OC(C)(C)C)C(C)(C)C)C(=O)NS(=O)(=O)C1CC1. The first-order valence-electron chi connectivity index (χ1n) is 17.2. The molecule has 51 heavy (non-hydrogen) atoms. The fraction of sp³-hybridized carbons (Fsp3) is 0.629. The molecule has 1 aromatic heterocycles. The average molecular weight is 750 g/mol. The van der Waals surface area contributed by atoms with Crippen molar-refractivity contribution >= 4 is 56.2 Å². The summed E-state index contributed by atoms with van der Waals surface area (Å²) in [6.45, 7) is 12.2. The topological polar surface area (TPSA) is 182 Å². The number of hydrogen-bond acceptors (Lipinski definition) is 10. The van der Waals surface area contributed by atoms with Gasteiger partial charge in [0.2, 0.25) is 27.7 Å². The maximum absolute atomic E-state index is 14.5. The summed E-state index contributed by atoms with van der Waals surface area (Å²) in [6, 6.07) is 2.89. The number of ether oxygens (including phenoxy) is 3. The number of fused-ring (bicyclic) bond motifs is 1. The van der Waals surface area contributed by atoms with E-state index >= 15 is 0 Å². The van der Waals surface area contributed by atoms with Crippen molar-refractivity contribution in [2.24, 2.45) is 11.3 Å². The van der Waals surface area contributed by atoms with E-state index < -0.39 is 73.8 Å². The fourth-order valence-corrected chi connectivity index (χ4v) is 8.03. The number of nitrogens with zero attached hydrogens (tertiary/aromatic N) is 2. The Labute approximate surface area is 303 Å². The maximum Gasteiger partial charge on any atom is 0.408 e. The van der Waals surface area contributed by atoms with Crippen molar-refractivity contribution in [3.63, 3.8) is 0 Å². The van der Waals surface area contributed by atoms with Gasteiger partial charge in [0.1, 0.15) is 35.1 Å². The number of carbonyl (C=O) groups is 4. The Morgan fingerprint density at radius 2 is 1.78 bits per heavy atom. The Hall–Kier alpha value is -3.85. The minimum Gasteiger partial charge on any atom is -0.494 e. The van der Waals surface area contributed by atoms with Crippen LogP contribution in [0.1, 0.15) is 80.6 Å². The van der Waals surface area contributed by atoms with E-state index in [4.69, 9.17) is 25.8 Å². The first-order chi connectivity index (χ1) is 23.7. The van der Waals surface area contributed by atoms with Crippen molar-refractivity contribution in [2.45, 2.75) is 115 Å². The van der Waals surface area contributed by atoms with Crippen molar-refractivity contribution in [3.8, 4) is 11.6 Å². The number of alkyl carbamates (subject to hydrolysis) is 1. The van der Waals surface area contributed by atoms with Gasteiger partial charge >= 0.3 is 6.09 Å². The van der Waals surface area contributed by atoms with Gasteiger partial charge in [-0.15, -0.1) is 0 Å². The number of halogens is 1. The number of likely N-dealkylation sites (tertiary alicyclic amines) is 1. The van der Waals surface area contributed by atoms with E-state index in [1.807, 2.05) is 6.92 Å². The van der Waals surface area contributed by atoms with Crippen LogP contribution >= 0.6 is 11.6 Å². The Morgan fingerprint density at radius 3 is 2.35 bits per heavy atom. The molecule has 0 spiro atoms. The fourth-order valence-electron chi connectivity index (χ4n) is 6.49. The minimum absolute atomic E-state index is 0.00546. The molecule has 5 rings (SSSR count). The average Bonchev–Trinajstić information content (AvgIpc) is 3.95. The molecular formula is C35H48ClN5O9S. The molecule has 2 aliphatic carbocycles. The Balaban J connectivity index is 1.46. The zero-order valence-corrected chi connectivity index (χ0v) is 31.9. The monoisotopic (exact) mass is 749 g/mol. The highest BCUT2D eigenvalue weighted by atomic mass is 35.5. The molecule has 3 fully saturated rings. The molecule has 3 N–H and O–H groups in total. The molecule has 16 heteroatoms. The number of rotatable bonds is 11. The zero-order chi connectivity index (χ0) is 37.7. The maximum atomic E-state index is 14.5. The van der Waals surface area contributed by atoms with Gasteiger partial charge in [0, 0.05) is 22.2 Å². The summed E-state index contributed by atoms with van der Waals surface area (Å²) < 4.78 is 44.9. The van der Waals surface area contributed by atoms with Crippen molar-refractivity contribution < 1.29 is 41.8 Å². The van der Waals surface area contributed by atoms with E-state index in [0.717, 1.165) is 0 Å². The van der Waals surface area contributed by atoms with Gasteiger partial charge in [-0.2, -0.15) is 0 Å². The summed E-state index contributed by atoms with van der Waals surface area (Å²) in [7, 11) is -2.36. The highest BCUT2D eigenvalue weighted by Gasteiger charge is 2.62. The molecule has 2 saturated carbocycles. The van der Waals surface area contributed by atoms with Crippen LogP contribution in [-0.4, -0.2) is 90.3 Å². The van der Waals surface area contributed by atoms with Crippen LogP contribution in [0.15, 0.2) is 24.4 Å². The normalized spacial score (nSPS) is 24.0. The molecule has 3 aliphatic rings. The lowest BCUT2D eigenvalue weighted by Gasteiger charge is -2.36.